The minimum absolute atomic E-state index is 0.343. The molecule has 0 aliphatic carbocycles. The molecule has 12 heteroatoms. The lowest BCUT2D eigenvalue weighted by molar-refractivity contribution is 0.0736. The van der Waals surface area contributed by atoms with Crippen LogP contribution in [0.1, 0.15) is 21.6 Å². The van der Waals surface area contributed by atoms with Crippen molar-refractivity contribution in [1.29, 1.82) is 0 Å². The summed E-state index contributed by atoms with van der Waals surface area (Å²) < 4.78 is 13.2. The molecule has 1 N–H and O–H groups in total. The molecule has 0 spiro atoms. The van der Waals surface area contributed by atoms with E-state index in [1.807, 2.05) is 32.0 Å². The Morgan fingerprint density at radius 3 is 2.35 bits per heavy atom. The van der Waals surface area contributed by atoms with E-state index in [1.54, 1.807) is 48.5 Å². The predicted octanol–water partition coefficient (Wildman–Crippen LogP) is 3.46. The molecule has 1 aliphatic heterocycles. The molecule has 4 aromatic rings. The summed E-state index contributed by atoms with van der Waals surface area (Å²) in [7, 11) is 1.59. The van der Waals surface area contributed by atoms with E-state index < -0.39 is 17.2 Å². The molecule has 1 aliphatic rings. The van der Waals surface area contributed by atoms with Crippen molar-refractivity contribution >= 4 is 27.7 Å². The summed E-state index contributed by atoms with van der Waals surface area (Å²) in [6.45, 7) is 5.58. The highest BCUT2D eigenvalue weighted by Gasteiger charge is 2.27. The molecule has 0 bridgehead atoms. The van der Waals surface area contributed by atoms with E-state index in [0.717, 1.165) is 26.1 Å². The molecule has 2 aromatic carbocycles. The van der Waals surface area contributed by atoms with Gasteiger partial charge in [0.05, 0.1) is 17.3 Å². The third-order valence-electron chi connectivity index (χ3n) is 6.60. The molecular formula is C28H27BrN6O5. The number of pyridine rings is 1. The second kappa shape index (κ2) is 11.3. The van der Waals surface area contributed by atoms with Gasteiger partial charge in [0.2, 0.25) is 5.69 Å². The average molecular weight is 607 g/mol. The van der Waals surface area contributed by atoms with Crippen molar-refractivity contribution in [3.05, 3.63) is 96.9 Å². The van der Waals surface area contributed by atoms with Crippen molar-refractivity contribution in [2.24, 2.45) is 0 Å². The monoisotopic (exact) mass is 606 g/mol. The third-order valence-corrected chi connectivity index (χ3v) is 7.22. The van der Waals surface area contributed by atoms with Crippen LogP contribution in [0, 0.1) is 13.8 Å². The SMILES string of the molecule is COc1ccc(Oc2c(C)cc(-n3nc(C(=O)N4CCN(c5ccccn5)CC4)c(=O)[nH]c3=O)cc2C)cc1Br. The van der Waals surface area contributed by atoms with Gasteiger partial charge in [0.1, 0.15) is 23.1 Å². The maximum absolute atomic E-state index is 13.3. The summed E-state index contributed by atoms with van der Waals surface area (Å²) in [6.07, 6.45) is 1.72. The number of carbonyl (C=O) groups is 1. The van der Waals surface area contributed by atoms with Gasteiger partial charge in [0.25, 0.3) is 11.5 Å². The highest BCUT2D eigenvalue weighted by molar-refractivity contribution is 9.10. The van der Waals surface area contributed by atoms with Crippen LogP contribution in [-0.2, 0) is 0 Å². The van der Waals surface area contributed by atoms with Crippen molar-refractivity contribution in [3.63, 3.8) is 0 Å². The number of nitrogens with one attached hydrogen (secondary N) is 1. The van der Waals surface area contributed by atoms with E-state index in [9.17, 15) is 14.4 Å². The molecule has 1 amide bonds. The summed E-state index contributed by atoms with van der Waals surface area (Å²) in [5, 5.41) is 4.20. The van der Waals surface area contributed by atoms with Crippen LogP contribution in [0.3, 0.4) is 0 Å². The normalized spacial score (nSPS) is 13.3. The standard InChI is InChI=1S/C28H27BrN6O5/c1-17-14-19(15-18(2)25(17)40-20-7-8-22(39-3)21(29)16-20)35-28(38)31-26(36)24(32-35)27(37)34-12-10-33(11-13-34)23-6-4-5-9-30-23/h4-9,14-16H,10-13H2,1-3H3,(H,31,36,38). The number of halogens is 1. The topological polar surface area (TPSA) is 123 Å². The number of rotatable bonds is 6. The number of amides is 1. The number of aryl methyl sites for hydroxylation is 2. The highest BCUT2D eigenvalue weighted by Crippen LogP contribution is 2.34. The van der Waals surface area contributed by atoms with Crippen LogP contribution in [0.25, 0.3) is 5.69 Å². The van der Waals surface area contributed by atoms with E-state index in [1.165, 1.54) is 0 Å². The first-order valence-corrected chi connectivity index (χ1v) is 13.4. The largest absolute Gasteiger partial charge is 0.496 e. The number of benzene rings is 2. The molecule has 0 atom stereocenters. The number of ether oxygens (including phenoxy) is 2. The number of nitrogens with zero attached hydrogens (tertiary/aromatic N) is 5. The quantitative estimate of drug-likeness (QED) is 0.354. The zero-order valence-corrected chi connectivity index (χ0v) is 23.8. The van der Waals surface area contributed by atoms with Gasteiger partial charge in [0, 0.05) is 32.4 Å². The number of aromatic amines is 1. The summed E-state index contributed by atoms with van der Waals surface area (Å²) in [5.74, 6) is 2.19. The van der Waals surface area contributed by atoms with Crippen molar-refractivity contribution in [1.82, 2.24) is 24.6 Å². The van der Waals surface area contributed by atoms with Gasteiger partial charge in [-0.05, 0) is 83.4 Å². The lowest BCUT2D eigenvalue weighted by Crippen LogP contribution is -2.51. The van der Waals surface area contributed by atoms with E-state index in [2.05, 4.69) is 35.9 Å². The molecule has 40 heavy (non-hydrogen) atoms. The smallest absolute Gasteiger partial charge is 0.349 e. The van der Waals surface area contributed by atoms with Crippen molar-refractivity contribution < 1.29 is 14.3 Å². The average Bonchev–Trinajstić information content (AvgIpc) is 2.95. The maximum atomic E-state index is 13.3. The predicted molar refractivity (Wildman–Crippen MR) is 153 cm³/mol. The van der Waals surface area contributed by atoms with Gasteiger partial charge in [-0.3, -0.25) is 14.6 Å². The maximum Gasteiger partial charge on any atom is 0.349 e. The van der Waals surface area contributed by atoms with Crippen LogP contribution in [0.4, 0.5) is 5.82 Å². The first-order chi connectivity index (χ1) is 19.2. The van der Waals surface area contributed by atoms with E-state index in [-0.39, 0.29) is 5.69 Å². The van der Waals surface area contributed by atoms with Crippen LogP contribution in [0.5, 0.6) is 17.2 Å². The van der Waals surface area contributed by atoms with Gasteiger partial charge in [0.15, 0.2) is 0 Å². The Hall–Kier alpha value is -4.45. The second-order valence-electron chi connectivity index (χ2n) is 9.29. The van der Waals surface area contributed by atoms with Crippen LogP contribution in [-0.4, -0.2) is 63.8 Å². The minimum Gasteiger partial charge on any atom is -0.496 e. The molecule has 0 unspecified atom stereocenters. The van der Waals surface area contributed by atoms with E-state index in [0.29, 0.717) is 49.1 Å². The molecule has 5 rings (SSSR count). The van der Waals surface area contributed by atoms with Gasteiger partial charge in [-0.1, -0.05) is 6.07 Å². The zero-order valence-electron chi connectivity index (χ0n) is 22.2. The number of hydrogen-bond donors (Lipinski definition) is 1. The number of anilines is 1. The number of methoxy groups -OCH3 is 1. The number of hydrogen-bond acceptors (Lipinski definition) is 8. The van der Waals surface area contributed by atoms with Crippen LogP contribution >= 0.6 is 15.9 Å². The molecule has 206 valence electrons. The molecule has 11 nitrogen and oxygen atoms in total. The molecule has 0 saturated carbocycles. The van der Waals surface area contributed by atoms with Gasteiger partial charge in [-0.25, -0.2) is 9.78 Å². The van der Waals surface area contributed by atoms with Crippen molar-refractivity contribution in [2.75, 3.05) is 38.2 Å². The second-order valence-corrected chi connectivity index (χ2v) is 10.1. The van der Waals surface area contributed by atoms with Gasteiger partial charge in [-0.15, -0.1) is 0 Å². The van der Waals surface area contributed by atoms with E-state index in [4.69, 9.17) is 9.47 Å². The molecule has 1 fully saturated rings. The number of piperazine rings is 1. The summed E-state index contributed by atoms with van der Waals surface area (Å²) in [5.41, 5.74) is -0.0381. The lowest BCUT2D eigenvalue weighted by atomic mass is 10.1. The summed E-state index contributed by atoms with van der Waals surface area (Å²) in [6, 6.07) is 14.5. The number of carbonyl (C=O) groups excluding carboxylic acids is 1. The van der Waals surface area contributed by atoms with Crippen molar-refractivity contribution in [2.45, 2.75) is 13.8 Å². The fourth-order valence-corrected chi connectivity index (χ4v) is 5.10. The van der Waals surface area contributed by atoms with Crippen LogP contribution in [0.15, 0.2) is 68.8 Å². The van der Waals surface area contributed by atoms with Gasteiger partial charge < -0.3 is 19.3 Å². The van der Waals surface area contributed by atoms with Crippen LogP contribution in [0.2, 0.25) is 0 Å². The van der Waals surface area contributed by atoms with E-state index >= 15 is 0 Å². The first-order valence-electron chi connectivity index (χ1n) is 12.6. The fraction of sp³-hybridized carbons (Fsp3) is 0.250. The molecule has 2 aromatic heterocycles. The highest BCUT2D eigenvalue weighted by atomic mass is 79.9. The molecule has 0 radical (unpaired) electrons. The molecule has 3 heterocycles. The number of aromatic nitrogens is 4. The lowest BCUT2D eigenvalue weighted by Gasteiger charge is -2.35. The van der Waals surface area contributed by atoms with Gasteiger partial charge >= 0.3 is 5.69 Å². The summed E-state index contributed by atoms with van der Waals surface area (Å²) >= 11 is 3.46. The number of H-pyrrole nitrogens is 1. The Bertz CT molecular complexity index is 1660. The minimum atomic E-state index is -0.822. The Morgan fingerprint density at radius 2 is 1.73 bits per heavy atom. The van der Waals surface area contributed by atoms with Crippen LogP contribution < -0.4 is 25.6 Å². The zero-order chi connectivity index (χ0) is 28.4. The third kappa shape index (κ3) is 5.48. The molecular weight excluding hydrogens is 580 g/mol. The Labute approximate surface area is 238 Å². The van der Waals surface area contributed by atoms with Gasteiger partial charge in [-0.2, -0.15) is 9.78 Å². The first kappa shape index (κ1) is 27.1. The molecule has 1 saturated heterocycles. The van der Waals surface area contributed by atoms with Crippen molar-refractivity contribution in [3.8, 4) is 22.9 Å². The fourth-order valence-electron chi connectivity index (χ4n) is 4.58. The summed E-state index contributed by atoms with van der Waals surface area (Å²) in [4.78, 5) is 48.9. The Morgan fingerprint density at radius 1 is 1.00 bits per heavy atom. The Kier molecular flexibility index (Phi) is 7.69. The Balaban J connectivity index is 1.39.